The van der Waals surface area contributed by atoms with Crippen LogP contribution < -0.4 is 11.2 Å². The van der Waals surface area contributed by atoms with Gasteiger partial charge in [-0.25, -0.2) is 0 Å². The monoisotopic (exact) mass is 271 g/mol. The largest absolute Gasteiger partial charge is 0.369 e. The Balaban J connectivity index is 2.73. The lowest BCUT2D eigenvalue weighted by atomic mass is 10.3. The van der Waals surface area contributed by atoms with Crippen LogP contribution in [-0.4, -0.2) is 24.6 Å². The summed E-state index contributed by atoms with van der Waals surface area (Å²) < 4.78 is 30.3. The van der Waals surface area contributed by atoms with Crippen LogP contribution >= 0.6 is 0 Å². The van der Waals surface area contributed by atoms with Gasteiger partial charge in [0.1, 0.15) is 0 Å². The van der Waals surface area contributed by atoms with Crippen molar-refractivity contribution in [2.45, 2.75) is 18.2 Å². The van der Waals surface area contributed by atoms with Crippen molar-refractivity contribution in [2.75, 3.05) is 5.43 Å². The number of hydrogen-bond acceptors (Lipinski definition) is 5. The minimum absolute atomic E-state index is 0.0378. The molecule has 1 aromatic carbocycles. The highest BCUT2D eigenvalue weighted by Gasteiger charge is 2.08. The maximum Gasteiger partial charge on any atom is 0.294 e. The molecule has 0 aliphatic rings. The molecule has 0 atom stereocenters. The minimum Gasteiger partial charge on any atom is -0.369 e. The van der Waals surface area contributed by atoms with E-state index in [1.165, 1.54) is 24.3 Å². The molecule has 0 heterocycles. The predicted octanol–water partition coefficient (Wildman–Crippen LogP) is 0.597. The molecule has 0 bridgehead atoms. The van der Waals surface area contributed by atoms with E-state index in [0.29, 0.717) is 11.4 Å². The Labute approximate surface area is 104 Å². The van der Waals surface area contributed by atoms with Gasteiger partial charge in [-0.1, -0.05) is 0 Å². The summed E-state index contributed by atoms with van der Waals surface area (Å²) in [5.41, 5.74) is 8.64. The second kappa shape index (κ2) is 5.61. The summed E-state index contributed by atoms with van der Waals surface area (Å²) in [5.74, 6) is -0.486. The van der Waals surface area contributed by atoms with E-state index in [1.807, 2.05) is 0 Å². The molecule has 0 fully saturated rings. The average molecular weight is 271 g/mol. The summed E-state index contributed by atoms with van der Waals surface area (Å²) in [6.45, 7) is 1.63. The van der Waals surface area contributed by atoms with E-state index < -0.39 is 16.0 Å². The minimum atomic E-state index is -4.19. The van der Waals surface area contributed by atoms with Gasteiger partial charge < -0.3 is 5.73 Å². The summed E-state index contributed by atoms with van der Waals surface area (Å²) in [4.78, 5) is 10.4. The molecular formula is C10H13N3O4S. The number of anilines is 1. The van der Waals surface area contributed by atoms with Crippen molar-refractivity contribution < 1.29 is 17.8 Å². The summed E-state index contributed by atoms with van der Waals surface area (Å²) in [5, 5.41) is 3.88. The van der Waals surface area contributed by atoms with Crippen molar-refractivity contribution >= 4 is 27.4 Å². The van der Waals surface area contributed by atoms with Crippen LogP contribution in [-0.2, 0) is 14.9 Å². The number of hydrogen-bond donors (Lipinski definition) is 3. The number of rotatable bonds is 5. The van der Waals surface area contributed by atoms with E-state index in [2.05, 4.69) is 10.5 Å². The molecule has 0 saturated heterocycles. The van der Waals surface area contributed by atoms with Gasteiger partial charge in [0.05, 0.1) is 17.0 Å². The average Bonchev–Trinajstić information content (AvgIpc) is 2.25. The highest BCUT2D eigenvalue weighted by atomic mass is 32.2. The van der Waals surface area contributed by atoms with Crippen LogP contribution in [0.4, 0.5) is 5.69 Å². The zero-order chi connectivity index (χ0) is 13.8. The molecular weight excluding hydrogens is 258 g/mol. The highest BCUT2D eigenvalue weighted by Crippen LogP contribution is 2.13. The summed E-state index contributed by atoms with van der Waals surface area (Å²) >= 11 is 0. The lowest BCUT2D eigenvalue weighted by Gasteiger charge is -2.03. The standard InChI is InChI=1S/C10H13N3O4S/c1-7(6-10(11)14)12-13-8-2-4-9(5-3-8)18(15,16)17/h2-5,13H,6H2,1H3,(H2,11,14)(H,15,16,17)/b12-7-. The fraction of sp³-hybridized carbons (Fsp3) is 0.200. The van der Waals surface area contributed by atoms with Crippen LogP contribution in [0.3, 0.4) is 0 Å². The number of carbonyl (C=O) groups excluding carboxylic acids is 1. The van der Waals surface area contributed by atoms with Gasteiger partial charge in [-0.3, -0.25) is 14.8 Å². The van der Waals surface area contributed by atoms with Crippen molar-refractivity contribution in [1.82, 2.24) is 0 Å². The van der Waals surface area contributed by atoms with Crippen LogP contribution in [0.5, 0.6) is 0 Å². The van der Waals surface area contributed by atoms with Crippen molar-refractivity contribution in [2.24, 2.45) is 10.8 Å². The molecule has 0 unspecified atom stereocenters. The van der Waals surface area contributed by atoms with Crippen molar-refractivity contribution in [3.63, 3.8) is 0 Å². The van der Waals surface area contributed by atoms with Gasteiger partial charge in [-0.2, -0.15) is 13.5 Å². The molecule has 0 spiro atoms. The maximum absolute atomic E-state index is 10.8. The molecule has 1 amide bonds. The third-order valence-corrected chi connectivity index (χ3v) is 2.83. The molecule has 0 aliphatic heterocycles. The van der Waals surface area contributed by atoms with Crippen LogP contribution in [0, 0.1) is 0 Å². The number of nitrogens with zero attached hydrogens (tertiary/aromatic N) is 1. The third-order valence-electron chi connectivity index (χ3n) is 1.96. The normalized spacial score (nSPS) is 12.2. The Hall–Kier alpha value is -1.93. The van der Waals surface area contributed by atoms with Crippen LogP contribution in [0.15, 0.2) is 34.3 Å². The maximum atomic E-state index is 10.8. The van der Waals surface area contributed by atoms with Crippen molar-refractivity contribution in [1.29, 1.82) is 0 Å². The molecule has 98 valence electrons. The van der Waals surface area contributed by atoms with Gasteiger partial charge in [0.2, 0.25) is 5.91 Å². The lowest BCUT2D eigenvalue weighted by molar-refractivity contribution is -0.116. The smallest absolute Gasteiger partial charge is 0.294 e. The quantitative estimate of drug-likeness (QED) is 0.411. The molecule has 8 heteroatoms. The molecule has 0 saturated carbocycles. The Bertz CT molecular complexity index is 563. The van der Waals surface area contributed by atoms with Gasteiger partial charge >= 0.3 is 0 Å². The zero-order valence-electron chi connectivity index (χ0n) is 9.62. The van der Waals surface area contributed by atoms with Gasteiger partial charge in [0.15, 0.2) is 0 Å². The van der Waals surface area contributed by atoms with Crippen LogP contribution in [0.2, 0.25) is 0 Å². The van der Waals surface area contributed by atoms with Crippen LogP contribution in [0.25, 0.3) is 0 Å². The van der Waals surface area contributed by atoms with E-state index in [0.717, 1.165) is 0 Å². The van der Waals surface area contributed by atoms with E-state index in [1.54, 1.807) is 6.92 Å². The fourth-order valence-corrected chi connectivity index (χ4v) is 1.63. The summed E-state index contributed by atoms with van der Waals surface area (Å²) in [6, 6.07) is 5.33. The van der Waals surface area contributed by atoms with Crippen molar-refractivity contribution in [3.8, 4) is 0 Å². The zero-order valence-corrected chi connectivity index (χ0v) is 10.4. The Morgan fingerprint density at radius 3 is 2.39 bits per heavy atom. The molecule has 18 heavy (non-hydrogen) atoms. The first-order valence-electron chi connectivity index (χ1n) is 4.94. The van der Waals surface area contributed by atoms with E-state index >= 15 is 0 Å². The third kappa shape index (κ3) is 4.52. The van der Waals surface area contributed by atoms with Crippen molar-refractivity contribution in [3.05, 3.63) is 24.3 Å². The molecule has 7 nitrogen and oxygen atoms in total. The second-order valence-corrected chi connectivity index (χ2v) is 5.02. The number of amides is 1. The van der Waals surface area contributed by atoms with E-state index in [9.17, 15) is 13.2 Å². The second-order valence-electron chi connectivity index (χ2n) is 3.60. The first-order chi connectivity index (χ1) is 8.29. The summed E-state index contributed by atoms with van der Waals surface area (Å²) in [7, 11) is -4.19. The molecule has 1 rings (SSSR count). The Morgan fingerprint density at radius 2 is 1.94 bits per heavy atom. The Kier molecular flexibility index (Phi) is 4.40. The van der Waals surface area contributed by atoms with Gasteiger partial charge in [-0.05, 0) is 31.2 Å². The molecule has 4 N–H and O–H groups in total. The first kappa shape index (κ1) is 14.1. The lowest BCUT2D eigenvalue weighted by Crippen LogP contribution is -2.15. The molecule has 0 radical (unpaired) electrons. The molecule has 1 aromatic rings. The van der Waals surface area contributed by atoms with Gasteiger partial charge in [0.25, 0.3) is 10.1 Å². The van der Waals surface area contributed by atoms with Gasteiger partial charge in [0, 0.05) is 5.71 Å². The highest BCUT2D eigenvalue weighted by molar-refractivity contribution is 7.85. The Morgan fingerprint density at radius 1 is 1.39 bits per heavy atom. The topological polar surface area (TPSA) is 122 Å². The number of benzene rings is 1. The molecule has 0 aromatic heterocycles. The SMILES string of the molecule is C/C(CC(N)=O)=N/Nc1ccc(S(=O)(=O)O)cc1. The first-order valence-corrected chi connectivity index (χ1v) is 6.38. The fourth-order valence-electron chi connectivity index (χ4n) is 1.15. The number of nitrogens with one attached hydrogen (secondary N) is 1. The number of primary amides is 1. The predicted molar refractivity (Wildman–Crippen MR) is 66.8 cm³/mol. The number of nitrogens with two attached hydrogens (primary N) is 1. The van der Waals surface area contributed by atoms with Crippen LogP contribution in [0.1, 0.15) is 13.3 Å². The van der Waals surface area contributed by atoms with Gasteiger partial charge in [-0.15, -0.1) is 0 Å². The van der Waals surface area contributed by atoms with E-state index in [-0.39, 0.29) is 11.3 Å². The number of hydrazone groups is 1. The summed E-state index contributed by atoms with van der Waals surface area (Å²) in [6.07, 6.45) is 0.0378. The molecule has 0 aliphatic carbocycles. The van der Waals surface area contributed by atoms with E-state index in [4.69, 9.17) is 10.3 Å². The number of carbonyl (C=O) groups is 1.